The normalized spacial score (nSPS) is 10.9. The minimum atomic E-state index is -0.259. The smallest absolute Gasteiger partial charge is 0.259 e. The zero-order chi connectivity index (χ0) is 21.8. The van der Waals surface area contributed by atoms with E-state index in [-0.39, 0.29) is 11.8 Å². The van der Waals surface area contributed by atoms with Crippen molar-refractivity contribution in [2.75, 3.05) is 13.1 Å². The Morgan fingerprint density at radius 2 is 1.81 bits per heavy atom. The first-order valence-electron chi connectivity index (χ1n) is 9.94. The Balaban J connectivity index is 1.42. The number of nitrogens with zero attached hydrogens (tertiary/aromatic N) is 2. The first kappa shape index (κ1) is 20.7. The molecule has 0 unspecified atom stereocenters. The monoisotopic (exact) mass is 434 g/mol. The summed E-state index contributed by atoms with van der Waals surface area (Å²) in [4.78, 5) is 31.6. The van der Waals surface area contributed by atoms with Crippen LogP contribution in [-0.2, 0) is 11.2 Å². The summed E-state index contributed by atoms with van der Waals surface area (Å²) in [5.74, 6) is -0.345. The third kappa shape index (κ3) is 4.80. The van der Waals surface area contributed by atoms with E-state index in [1.54, 1.807) is 24.3 Å². The second-order valence-electron chi connectivity index (χ2n) is 7.18. The lowest BCUT2D eigenvalue weighted by molar-refractivity contribution is -0.120. The number of hydrogen-bond donors (Lipinski definition) is 2. The fourth-order valence-electron chi connectivity index (χ4n) is 3.29. The third-order valence-electron chi connectivity index (χ3n) is 4.79. The van der Waals surface area contributed by atoms with E-state index >= 15 is 0 Å². The maximum Gasteiger partial charge on any atom is 0.259 e. The number of nitrogens with one attached hydrogen (secondary N) is 2. The number of amides is 2. The first-order chi connectivity index (χ1) is 15.0. The summed E-state index contributed by atoms with van der Waals surface area (Å²) < 4.78 is 5.33. The van der Waals surface area contributed by atoms with Crippen LogP contribution in [0.2, 0.25) is 0 Å². The molecule has 0 atom stereocenters. The van der Waals surface area contributed by atoms with Gasteiger partial charge in [0.1, 0.15) is 0 Å². The van der Waals surface area contributed by atoms with Crippen LogP contribution in [0.15, 0.2) is 53.1 Å². The van der Waals surface area contributed by atoms with Gasteiger partial charge in [0.2, 0.25) is 5.91 Å². The molecule has 0 saturated heterocycles. The van der Waals surface area contributed by atoms with Gasteiger partial charge in [0.25, 0.3) is 11.6 Å². The van der Waals surface area contributed by atoms with Crippen molar-refractivity contribution >= 4 is 34.3 Å². The number of fused-ring (bicyclic) bond motifs is 1. The number of carbonyl (C=O) groups is 2. The van der Waals surface area contributed by atoms with E-state index in [4.69, 9.17) is 4.52 Å². The maximum atomic E-state index is 12.9. The lowest BCUT2D eigenvalue weighted by Crippen LogP contribution is -2.35. The van der Waals surface area contributed by atoms with E-state index in [0.717, 1.165) is 15.3 Å². The Bertz CT molecular complexity index is 1230. The fourth-order valence-corrected chi connectivity index (χ4v) is 4.12. The molecule has 158 valence electrons. The van der Waals surface area contributed by atoms with E-state index in [1.165, 1.54) is 0 Å². The van der Waals surface area contributed by atoms with Gasteiger partial charge in [-0.1, -0.05) is 35.5 Å². The van der Waals surface area contributed by atoms with Gasteiger partial charge in [0.05, 0.1) is 33.6 Å². The van der Waals surface area contributed by atoms with Gasteiger partial charge in [0.15, 0.2) is 0 Å². The van der Waals surface area contributed by atoms with Crippen molar-refractivity contribution in [3.63, 3.8) is 0 Å². The number of carbonyl (C=O) groups excluding carboxylic acids is 2. The largest absolute Gasteiger partial charge is 0.354 e. The highest BCUT2D eigenvalue weighted by Gasteiger charge is 2.19. The van der Waals surface area contributed by atoms with E-state index < -0.39 is 0 Å². The zero-order valence-corrected chi connectivity index (χ0v) is 18.1. The molecule has 1 aromatic carbocycles. The van der Waals surface area contributed by atoms with Crippen LogP contribution in [0.25, 0.3) is 21.7 Å². The van der Waals surface area contributed by atoms with Gasteiger partial charge in [-0.15, -0.1) is 11.3 Å². The molecule has 7 nitrogen and oxygen atoms in total. The average Bonchev–Trinajstić information content (AvgIpc) is 3.37. The molecule has 0 radical (unpaired) electrons. The molecule has 3 aromatic heterocycles. The van der Waals surface area contributed by atoms with Gasteiger partial charge < -0.3 is 15.2 Å². The minimum Gasteiger partial charge on any atom is -0.354 e. The molecule has 0 saturated carbocycles. The lowest BCUT2D eigenvalue weighted by atomic mass is 10.1. The van der Waals surface area contributed by atoms with Crippen LogP contribution in [-0.4, -0.2) is 35.0 Å². The van der Waals surface area contributed by atoms with Gasteiger partial charge in [-0.2, -0.15) is 0 Å². The van der Waals surface area contributed by atoms with Gasteiger partial charge in [-0.3, -0.25) is 9.59 Å². The number of benzene rings is 1. The molecule has 2 amide bonds. The van der Waals surface area contributed by atoms with Crippen LogP contribution in [0.3, 0.4) is 0 Å². The van der Waals surface area contributed by atoms with Gasteiger partial charge in [-0.05, 0) is 37.6 Å². The van der Waals surface area contributed by atoms with Gasteiger partial charge in [0, 0.05) is 18.0 Å². The van der Waals surface area contributed by atoms with E-state index in [1.807, 2.05) is 49.4 Å². The van der Waals surface area contributed by atoms with Crippen molar-refractivity contribution in [3.05, 3.63) is 70.2 Å². The third-order valence-corrected chi connectivity index (χ3v) is 5.82. The summed E-state index contributed by atoms with van der Waals surface area (Å²) >= 11 is 1.60. The maximum absolute atomic E-state index is 12.9. The number of aromatic nitrogens is 2. The van der Waals surface area contributed by atoms with Gasteiger partial charge >= 0.3 is 0 Å². The molecule has 0 aliphatic rings. The van der Waals surface area contributed by atoms with E-state index in [0.29, 0.717) is 47.6 Å². The lowest BCUT2D eigenvalue weighted by Gasteiger charge is -2.09. The summed E-state index contributed by atoms with van der Waals surface area (Å²) in [6, 6.07) is 15.3. The van der Waals surface area contributed by atoms with Crippen molar-refractivity contribution in [1.82, 2.24) is 20.8 Å². The highest BCUT2D eigenvalue weighted by Crippen LogP contribution is 2.30. The second kappa shape index (κ2) is 9.09. The Labute approximate surface area is 183 Å². The quantitative estimate of drug-likeness (QED) is 0.433. The van der Waals surface area contributed by atoms with Crippen LogP contribution < -0.4 is 10.6 Å². The fraction of sp³-hybridized carbons (Fsp3) is 0.217. The molecular formula is C23H22N4O3S. The van der Waals surface area contributed by atoms with Crippen LogP contribution in [0.1, 0.15) is 26.5 Å². The molecule has 0 aliphatic carbocycles. The van der Waals surface area contributed by atoms with E-state index in [2.05, 4.69) is 20.8 Å². The molecule has 0 aliphatic heterocycles. The summed E-state index contributed by atoms with van der Waals surface area (Å²) in [6.45, 7) is 4.44. The Morgan fingerprint density at radius 1 is 1.03 bits per heavy atom. The molecule has 31 heavy (non-hydrogen) atoms. The van der Waals surface area contributed by atoms with Crippen LogP contribution >= 0.6 is 11.3 Å². The predicted molar refractivity (Wildman–Crippen MR) is 120 cm³/mol. The first-order valence-corrected chi connectivity index (χ1v) is 10.8. The predicted octanol–water partition coefficient (Wildman–Crippen LogP) is 3.66. The number of aryl methyl sites for hydroxylation is 2. The molecule has 4 aromatic rings. The SMILES string of the molecule is Cc1ccc(-c2cc(C(=O)NCCNC(=O)Cc3ccccc3)c3c(C)noc3n2)s1. The molecular weight excluding hydrogens is 412 g/mol. The molecule has 3 heterocycles. The molecule has 2 N–H and O–H groups in total. The molecule has 0 bridgehead atoms. The van der Waals surface area contributed by atoms with Crippen molar-refractivity contribution in [2.24, 2.45) is 0 Å². The Morgan fingerprint density at radius 3 is 2.55 bits per heavy atom. The topological polar surface area (TPSA) is 97.1 Å². The van der Waals surface area contributed by atoms with Crippen LogP contribution in [0.4, 0.5) is 0 Å². The van der Waals surface area contributed by atoms with Crippen molar-refractivity contribution in [2.45, 2.75) is 20.3 Å². The Kier molecular flexibility index (Phi) is 6.08. The highest BCUT2D eigenvalue weighted by atomic mass is 32.1. The number of pyridine rings is 1. The average molecular weight is 435 g/mol. The van der Waals surface area contributed by atoms with Crippen molar-refractivity contribution in [3.8, 4) is 10.6 Å². The summed E-state index contributed by atoms with van der Waals surface area (Å²) in [6.07, 6.45) is 0.309. The highest BCUT2D eigenvalue weighted by molar-refractivity contribution is 7.15. The summed E-state index contributed by atoms with van der Waals surface area (Å²) in [7, 11) is 0. The second-order valence-corrected chi connectivity index (χ2v) is 8.47. The van der Waals surface area contributed by atoms with Crippen LogP contribution in [0.5, 0.6) is 0 Å². The molecule has 0 spiro atoms. The van der Waals surface area contributed by atoms with Gasteiger partial charge in [-0.25, -0.2) is 4.98 Å². The number of rotatable bonds is 7. The van der Waals surface area contributed by atoms with Crippen molar-refractivity contribution in [1.29, 1.82) is 0 Å². The minimum absolute atomic E-state index is 0.0861. The Hall–Kier alpha value is -3.52. The standard InChI is InChI=1S/C23H22N4O3S/c1-14-8-9-19(31-14)18-13-17(21-15(2)27-30-23(21)26-18)22(29)25-11-10-24-20(28)12-16-6-4-3-5-7-16/h3-9,13H,10-12H2,1-2H3,(H,24,28)(H,25,29). The summed E-state index contributed by atoms with van der Waals surface area (Å²) in [5.41, 5.74) is 3.02. The van der Waals surface area contributed by atoms with Crippen molar-refractivity contribution < 1.29 is 14.1 Å². The molecule has 4 rings (SSSR count). The number of thiophene rings is 1. The summed E-state index contributed by atoms with van der Waals surface area (Å²) in [5, 5.41) is 10.3. The van der Waals surface area contributed by atoms with E-state index in [9.17, 15) is 9.59 Å². The number of hydrogen-bond acceptors (Lipinski definition) is 6. The molecule has 8 heteroatoms. The van der Waals surface area contributed by atoms with Crippen LogP contribution in [0, 0.1) is 13.8 Å². The zero-order valence-electron chi connectivity index (χ0n) is 17.3. The molecule has 0 fully saturated rings.